The molecule has 9 nitrogen and oxygen atoms in total. The first-order valence-electron chi connectivity index (χ1n) is 10.9. The summed E-state index contributed by atoms with van der Waals surface area (Å²) in [4.78, 5) is 40.8. The predicted octanol–water partition coefficient (Wildman–Crippen LogP) is 0.650. The minimum absolute atomic E-state index is 0.282. The number of amides is 2. The first-order valence-corrected chi connectivity index (χ1v) is 10.9. The first kappa shape index (κ1) is 25.2. The molecule has 2 N–H and O–H groups in total. The topological polar surface area (TPSA) is 112 Å². The van der Waals surface area contributed by atoms with Crippen molar-refractivity contribution in [1.29, 1.82) is 0 Å². The molecule has 1 fully saturated rings. The molecule has 2 heterocycles. The number of rotatable bonds is 7. The Balaban J connectivity index is 1.68. The smallest absolute Gasteiger partial charge is 0.254 e. The summed E-state index contributed by atoms with van der Waals surface area (Å²) in [5.74, 6) is 4.94. The highest BCUT2D eigenvalue weighted by Gasteiger charge is 2.46. The van der Waals surface area contributed by atoms with Gasteiger partial charge in [0.05, 0.1) is 25.3 Å². The van der Waals surface area contributed by atoms with Crippen LogP contribution < -0.4 is 5.32 Å². The number of carbonyl (C=O) groups excluding carboxylic acids is 3. The van der Waals surface area contributed by atoms with E-state index in [-0.39, 0.29) is 5.56 Å². The number of hydrogen-bond donors (Lipinski definition) is 2. The molecule has 0 unspecified atom stereocenters. The number of likely N-dealkylation sites (N-methyl/N-ethyl adjacent to an activating group) is 2. The average Bonchev–Trinajstić information content (AvgIpc) is 3.33. The first-order chi connectivity index (χ1) is 16.3. The Labute approximate surface area is 198 Å². The second-order valence-electron chi connectivity index (χ2n) is 8.11. The molecular formula is C25H29N3O6. The number of nitrogens with one attached hydrogen (secondary N) is 1. The molecule has 2 amide bonds. The van der Waals surface area contributed by atoms with E-state index in [4.69, 9.17) is 9.15 Å². The average molecular weight is 468 g/mol. The highest BCUT2D eigenvalue weighted by molar-refractivity contribution is 6.14. The van der Waals surface area contributed by atoms with Crippen LogP contribution in [0.1, 0.15) is 34.2 Å². The molecule has 0 saturated carbocycles. The van der Waals surface area contributed by atoms with Gasteiger partial charge in [0, 0.05) is 38.3 Å². The third-order valence-corrected chi connectivity index (χ3v) is 5.95. The number of hydrogen-bond acceptors (Lipinski definition) is 7. The monoisotopic (exact) mass is 467 g/mol. The van der Waals surface area contributed by atoms with Gasteiger partial charge < -0.3 is 24.5 Å². The quantitative estimate of drug-likeness (QED) is 0.454. The van der Waals surface area contributed by atoms with Gasteiger partial charge in [-0.2, -0.15) is 0 Å². The molecule has 34 heavy (non-hydrogen) atoms. The van der Waals surface area contributed by atoms with Crippen LogP contribution in [-0.2, 0) is 20.9 Å². The van der Waals surface area contributed by atoms with E-state index in [2.05, 4.69) is 22.1 Å². The fourth-order valence-electron chi connectivity index (χ4n) is 3.61. The van der Waals surface area contributed by atoms with Gasteiger partial charge in [-0.15, -0.1) is 0 Å². The van der Waals surface area contributed by atoms with Crippen molar-refractivity contribution in [3.05, 3.63) is 59.0 Å². The number of aliphatic hydroxyl groups is 1. The zero-order valence-electron chi connectivity index (χ0n) is 19.6. The number of aliphatic hydroxyl groups excluding tert-OH is 1. The number of furan rings is 1. The van der Waals surface area contributed by atoms with E-state index < -0.39 is 29.7 Å². The van der Waals surface area contributed by atoms with E-state index in [0.717, 1.165) is 42.5 Å². The lowest BCUT2D eigenvalue weighted by atomic mass is 9.92. The number of Topliss-reactive ketones (excluding diaryl/α,β-unsaturated/α-hetero) is 1. The second kappa shape index (κ2) is 11.1. The summed E-state index contributed by atoms with van der Waals surface area (Å²) in [5.41, 5.74) is -0.105. The summed E-state index contributed by atoms with van der Waals surface area (Å²) in [6, 6.07) is 8.44. The van der Waals surface area contributed by atoms with E-state index in [1.54, 1.807) is 30.5 Å². The molecule has 1 aliphatic rings. The minimum atomic E-state index is -1.83. The van der Waals surface area contributed by atoms with Gasteiger partial charge in [-0.1, -0.05) is 11.8 Å². The maximum Gasteiger partial charge on any atom is 0.254 e. The van der Waals surface area contributed by atoms with Gasteiger partial charge in [0.15, 0.2) is 11.3 Å². The summed E-state index contributed by atoms with van der Waals surface area (Å²) >= 11 is 0. The van der Waals surface area contributed by atoms with Crippen molar-refractivity contribution in [3.63, 3.8) is 0 Å². The Morgan fingerprint density at radius 1 is 1.15 bits per heavy atom. The van der Waals surface area contributed by atoms with Gasteiger partial charge in [0.1, 0.15) is 18.6 Å². The van der Waals surface area contributed by atoms with Crippen LogP contribution in [0.2, 0.25) is 0 Å². The summed E-state index contributed by atoms with van der Waals surface area (Å²) in [5, 5.41) is 11.7. The molecule has 0 aliphatic carbocycles. The molecular weight excluding hydrogens is 438 g/mol. The Hall–Kier alpha value is -3.45. The second-order valence-corrected chi connectivity index (χ2v) is 8.11. The van der Waals surface area contributed by atoms with Gasteiger partial charge in [-0.3, -0.25) is 19.3 Å². The highest BCUT2D eigenvalue weighted by atomic mass is 16.5. The van der Waals surface area contributed by atoms with Gasteiger partial charge in [-0.05, 0) is 37.3 Å². The van der Waals surface area contributed by atoms with Crippen molar-refractivity contribution in [2.24, 2.45) is 0 Å². The zero-order valence-corrected chi connectivity index (χ0v) is 19.6. The highest BCUT2D eigenvalue weighted by Crippen LogP contribution is 2.19. The number of carbonyl (C=O) groups is 3. The number of ether oxygens (including phenoxy) is 1. The minimum Gasteiger partial charge on any atom is -0.467 e. The molecule has 1 aromatic carbocycles. The molecule has 3 rings (SSSR count). The van der Waals surface area contributed by atoms with Crippen LogP contribution in [0.15, 0.2) is 41.0 Å². The molecule has 1 aliphatic heterocycles. The lowest BCUT2D eigenvalue weighted by Gasteiger charge is -2.35. The summed E-state index contributed by atoms with van der Waals surface area (Å²) in [6.45, 7) is 4.35. The third-order valence-electron chi connectivity index (χ3n) is 5.95. The van der Waals surface area contributed by atoms with Crippen LogP contribution in [0.5, 0.6) is 0 Å². The van der Waals surface area contributed by atoms with E-state index in [1.165, 1.54) is 21.0 Å². The number of nitrogens with zero attached hydrogens (tertiary/aromatic N) is 2. The number of morpholine rings is 1. The van der Waals surface area contributed by atoms with Crippen LogP contribution >= 0.6 is 0 Å². The fraction of sp³-hybridized carbons (Fsp3) is 0.400. The largest absolute Gasteiger partial charge is 0.467 e. The van der Waals surface area contributed by atoms with Gasteiger partial charge in [0.2, 0.25) is 0 Å². The van der Waals surface area contributed by atoms with Crippen LogP contribution in [0.25, 0.3) is 0 Å². The molecule has 1 atom stereocenters. The summed E-state index contributed by atoms with van der Waals surface area (Å²) < 4.78 is 11.0. The maximum atomic E-state index is 12.9. The van der Waals surface area contributed by atoms with E-state index in [0.29, 0.717) is 12.1 Å². The van der Waals surface area contributed by atoms with Crippen LogP contribution in [0.4, 0.5) is 0 Å². The van der Waals surface area contributed by atoms with Gasteiger partial charge in [0.25, 0.3) is 11.8 Å². The Bertz CT molecular complexity index is 1070. The summed E-state index contributed by atoms with van der Waals surface area (Å²) in [6.07, 6.45) is 1.62. The molecule has 2 aromatic rings. The molecule has 9 heteroatoms. The van der Waals surface area contributed by atoms with Crippen molar-refractivity contribution < 1.29 is 28.6 Å². The normalized spacial score (nSPS) is 15.5. The molecule has 0 spiro atoms. The van der Waals surface area contributed by atoms with Crippen molar-refractivity contribution >= 4 is 17.6 Å². The van der Waals surface area contributed by atoms with Crippen LogP contribution in [0, 0.1) is 11.8 Å². The molecule has 1 aromatic heterocycles. The standard InChI is InChI=1S/C25H29N3O6/c1-25(22(30)16-29,24(32)26-2)27(3)23(31)20-8-6-18(7-9-20)4-5-19-14-21(34-17-19)15-28-10-12-33-13-11-28/h6-9,14,17,29H,10-13,15-16H2,1-3H3,(H,26,32)/t25-/m1/s1. The SMILES string of the molecule is CNC(=O)[C@@](C)(C(=O)CO)N(C)C(=O)c1ccc(C#Cc2coc(CN3CCOCC3)c2)cc1. The molecule has 180 valence electrons. The number of benzene rings is 1. The van der Waals surface area contributed by atoms with Crippen molar-refractivity contribution in [2.45, 2.75) is 19.0 Å². The Morgan fingerprint density at radius 2 is 1.79 bits per heavy atom. The van der Waals surface area contributed by atoms with Crippen molar-refractivity contribution in [3.8, 4) is 11.8 Å². The fourth-order valence-corrected chi connectivity index (χ4v) is 3.61. The van der Waals surface area contributed by atoms with Gasteiger partial charge in [-0.25, -0.2) is 0 Å². The van der Waals surface area contributed by atoms with E-state index >= 15 is 0 Å². The van der Waals surface area contributed by atoms with Crippen LogP contribution in [-0.4, -0.2) is 85.0 Å². The number of ketones is 1. The van der Waals surface area contributed by atoms with Crippen LogP contribution in [0.3, 0.4) is 0 Å². The lowest BCUT2D eigenvalue weighted by molar-refractivity contribution is -0.143. The van der Waals surface area contributed by atoms with Gasteiger partial charge >= 0.3 is 0 Å². The Kier molecular flexibility index (Phi) is 8.23. The third kappa shape index (κ3) is 5.54. The zero-order chi connectivity index (χ0) is 24.7. The van der Waals surface area contributed by atoms with Crippen molar-refractivity contribution in [1.82, 2.24) is 15.1 Å². The summed E-state index contributed by atoms with van der Waals surface area (Å²) in [7, 11) is 2.72. The van der Waals surface area contributed by atoms with Crippen molar-refractivity contribution in [2.75, 3.05) is 47.0 Å². The van der Waals surface area contributed by atoms with E-state index in [9.17, 15) is 19.5 Å². The molecule has 1 saturated heterocycles. The predicted molar refractivity (Wildman–Crippen MR) is 124 cm³/mol. The van der Waals surface area contributed by atoms with E-state index in [1.807, 2.05) is 6.07 Å². The lowest BCUT2D eigenvalue weighted by Crippen LogP contribution is -2.62. The molecule has 0 radical (unpaired) electrons. The maximum absolute atomic E-state index is 12.9. The molecule has 0 bridgehead atoms. The Morgan fingerprint density at radius 3 is 2.41 bits per heavy atom.